The van der Waals surface area contributed by atoms with Crippen LogP contribution in [0.2, 0.25) is 0 Å². The van der Waals surface area contributed by atoms with Gasteiger partial charge in [-0.25, -0.2) is 8.78 Å². The molecule has 0 unspecified atom stereocenters. The monoisotopic (exact) mass is 232 g/mol. The summed E-state index contributed by atoms with van der Waals surface area (Å²) in [6.45, 7) is 0. The minimum absolute atomic E-state index is 0.0414. The van der Waals surface area contributed by atoms with Crippen molar-refractivity contribution in [2.45, 2.75) is 6.43 Å². The Morgan fingerprint density at radius 2 is 1.35 bits per heavy atom. The maximum absolute atomic E-state index is 12.2. The lowest BCUT2D eigenvalue weighted by Gasteiger charge is -2.03. The highest BCUT2D eigenvalue weighted by atomic mass is 19.3. The summed E-state index contributed by atoms with van der Waals surface area (Å²) in [7, 11) is 0. The topological polar surface area (TPSA) is 17.1 Å². The summed E-state index contributed by atoms with van der Waals surface area (Å²) in [6.07, 6.45) is -2.95. The number of halogens is 2. The van der Waals surface area contributed by atoms with Crippen molar-refractivity contribution in [2.24, 2.45) is 0 Å². The van der Waals surface area contributed by atoms with E-state index in [1.54, 1.807) is 12.1 Å². The molecule has 0 spiro atoms. The van der Waals surface area contributed by atoms with Gasteiger partial charge in [0.1, 0.15) is 0 Å². The molecule has 0 aliphatic heterocycles. The summed E-state index contributed by atoms with van der Waals surface area (Å²) in [5.41, 5.74) is 1.93. The molecule has 0 aromatic heterocycles. The summed E-state index contributed by atoms with van der Waals surface area (Å²) in [6, 6.07) is 15.7. The second-order valence-corrected chi connectivity index (χ2v) is 3.61. The molecule has 0 heterocycles. The van der Waals surface area contributed by atoms with Gasteiger partial charge in [0, 0.05) is 5.56 Å². The highest BCUT2D eigenvalue weighted by Gasteiger charge is 2.17. The minimum Gasteiger partial charge on any atom is -0.288 e. The van der Waals surface area contributed by atoms with Crippen LogP contribution in [-0.2, 0) is 0 Å². The van der Waals surface area contributed by atoms with E-state index < -0.39 is 12.2 Å². The fourth-order valence-electron chi connectivity index (χ4n) is 1.58. The predicted molar refractivity (Wildman–Crippen MR) is 62.2 cm³/mol. The number of carbonyl (C=O) groups is 1. The van der Waals surface area contributed by atoms with Crippen molar-refractivity contribution in [3.8, 4) is 11.1 Å². The van der Waals surface area contributed by atoms with E-state index in [-0.39, 0.29) is 5.56 Å². The number of alkyl halides is 2. The number of Topliss-reactive ketones (excluding diaryl/α,β-unsaturated/α-hetero) is 1. The molecule has 0 bridgehead atoms. The van der Waals surface area contributed by atoms with Crippen molar-refractivity contribution in [3.63, 3.8) is 0 Å². The molecule has 0 fully saturated rings. The van der Waals surface area contributed by atoms with Crippen LogP contribution in [-0.4, -0.2) is 12.2 Å². The van der Waals surface area contributed by atoms with Crippen LogP contribution >= 0.6 is 0 Å². The van der Waals surface area contributed by atoms with Crippen molar-refractivity contribution < 1.29 is 13.6 Å². The molecule has 0 N–H and O–H groups in total. The molecular weight excluding hydrogens is 222 g/mol. The Kier molecular flexibility index (Phi) is 3.28. The van der Waals surface area contributed by atoms with Gasteiger partial charge in [0.2, 0.25) is 5.78 Å². The van der Waals surface area contributed by atoms with E-state index in [4.69, 9.17) is 0 Å². The van der Waals surface area contributed by atoms with Gasteiger partial charge in [0.15, 0.2) is 0 Å². The molecular formula is C14H10F2O. The zero-order valence-electron chi connectivity index (χ0n) is 8.94. The molecule has 0 aliphatic rings. The maximum Gasteiger partial charge on any atom is 0.300 e. The number of ketones is 1. The summed E-state index contributed by atoms with van der Waals surface area (Å²) in [5.74, 6) is -1.13. The smallest absolute Gasteiger partial charge is 0.288 e. The average Bonchev–Trinajstić information content (AvgIpc) is 2.39. The van der Waals surface area contributed by atoms with E-state index in [2.05, 4.69) is 0 Å². The quantitative estimate of drug-likeness (QED) is 0.735. The average molecular weight is 232 g/mol. The lowest BCUT2D eigenvalue weighted by Crippen LogP contribution is -2.09. The lowest BCUT2D eigenvalue weighted by molar-refractivity contribution is 0.0679. The summed E-state index contributed by atoms with van der Waals surface area (Å²) >= 11 is 0. The van der Waals surface area contributed by atoms with Gasteiger partial charge in [-0.05, 0) is 11.1 Å². The molecule has 0 radical (unpaired) electrons. The van der Waals surface area contributed by atoms with Gasteiger partial charge in [0.05, 0.1) is 0 Å². The minimum atomic E-state index is -2.95. The molecule has 86 valence electrons. The van der Waals surface area contributed by atoms with Crippen LogP contribution in [0.3, 0.4) is 0 Å². The lowest BCUT2D eigenvalue weighted by atomic mass is 10.0. The first-order chi connectivity index (χ1) is 8.18. The van der Waals surface area contributed by atoms with Crippen molar-refractivity contribution in [2.75, 3.05) is 0 Å². The van der Waals surface area contributed by atoms with E-state index in [0.717, 1.165) is 11.1 Å². The Bertz CT molecular complexity index is 504. The Hall–Kier alpha value is -2.03. The van der Waals surface area contributed by atoms with Gasteiger partial charge in [-0.15, -0.1) is 0 Å². The van der Waals surface area contributed by atoms with E-state index in [9.17, 15) is 13.6 Å². The van der Waals surface area contributed by atoms with E-state index in [1.807, 2.05) is 30.3 Å². The fraction of sp³-hybridized carbons (Fsp3) is 0.0714. The normalized spacial score (nSPS) is 10.5. The summed E-state index contributed by atoms with van der Waals surface area (Å²) in [4.78, 5) is 11.0. The molecule has 2 aromatic carbocycles. The van der Waals surface area contributed by atoms with Gasteiger partial charge >= 0.3 is 6.43 Å². The van der Waals surface area contributed by atoms with Gasteiger partial charge in [-0.2, -0.15) is 0 Å². The first-order valence-corrected chi connectivity index (χ1v) is 5.16. The highest BCUT2D eigenvalue weighted by molar-refractivity contribution is 5.98. The van der Waals surface area contributed by atoms with E-state index >= 15 is 0 Å². The van der Waals surface area contributed by atoms with E-state index in [1.165, 1.54) is 12.1 Å². The number of carbonyl (C=O) groups excluding carboxylic acids is 1. The van der Waals surface area contributed by atoms with Crippen molar-refractivity contribution in [1.82, 2.24) is 0 Å². The van der Waals surface area contributed by atoms with Gasteiger partial charge in [-0.3, -0.25) is 4.79 Å². The Morgan fingerprint density at radius 3 is 1.88 bits per heavy atom. The first kappa shape index (κ1) is 11.5. The van der Waals surface area contributed by atoms with Crippen molar-refractivity contribution in [1.29, 1.82) is 0 Å². The number of hydrogen-bond donors (Lipinski definition) is 0. The van der Waals surface area contributed by atoms with Gasteiger partial charge in [0.25, 0.3) is 0 Å². The van der Waals surface area contributed by atoms with Crippen LogP contribution in [0.5, 0.6) is 0 Å². The van der Waals surface area contributed by atoms with Crippen LogP contribution in [0.25, 0.3) is 11.1 Å². The third-order valence-corrected chi connectivity index (χ3v) is 2.47. The number of rotatable bonds is 3. The predicted octanol–water partition coefficient (Wildman–Crippen LogP) is 3.80. The van der Waals surface area contributed by atoms with Crippen LogP contribution in [0, 0.1) is 0 Å². The number of benzene rings is 2. The van der Waals surface area contributed by atoms with Crippen LogP contribution < -0.4 is 0 Å². The largest absolute Gasteiger partial charge is 0.300 e. The molecule has 2 rings (SSSR count). The highest BCUT2D eigenvalue weighted by Crippen LogP contribution is 2.20. The summed E-state index contributed by atoms with van der Waals surface area (Å²) < 4.78 is 24.4. The van der Waals surface area contributed by atoms with Crippen molar-refractivity contribution in [3.05, 3.63) is 60.2 Å². The molecule has 0 amide bonds. The fourth-order valence-corrected chi connectivity index (χ4v) is 1.58. The maximum atomic E-state index is 12.2. The second-order valence-electron chi connectivity index (χ2n) is 3.61. The molecule has 3 heteroatoms. The summed E-state index contributed by atoms with van der Waals surface area (Å²) in [5, 5.41) is 0. The Balaban J connectivity index is 2.28. The molecule has 0 saturated carbocycles. The van der Waals surface area contributed by atoms with Gasteiger partial charge in [-0.1, -0.05) is 54.6 Å². The van der Waals surface area contributed by atoms with Crippen LogP contribution in [0.15, 0.2) is 54.6 Å². The zero-order valence-corrected chi connectivity index (χ0v) is 8.94. The van der Waals surface area contributed by atoms with Crippen LogP contribution in [0.4, 0.5) is 8.78 Å². The first-order valence-electron chi connectivity index (χ1n) is 5.16. The molecule has 0 saturated heterocycles. The molecule has 1 nitrogen and oxygen atoms in total. The molecule has 2 aromatic rings. The molecule has 0 atom stereocenters. The Labute approximate surface area is 97.7 Å². The second kappa shape index (κ2) is 4.87. The molecule has 17 heavy (non-hydrogen) atoms. The SMILES string of the molecule is O=C(c1ccc(-c2ccccc2)cc1)C(F)F. The zero-order chi connectivity index (χ0) is 12.3. The third-order valence-electron chi connectivity index (χ3n) is 2.47. The van der Waals surface area contributed by atoms with Gasteiger partial charge < -0.3 is 0 Å². The Morgan fingerprint density at radius 1 is 0.824 bits per heavy atom. The molecule has 0 aliphatic carbocycles. The van der Waals surface area contributed by atoms with Crippen molar-refractivity contribution >= 4 is 5.78 Å². The standard InChI is InChI=1S/C14H10F2O/c15-14(16)13(17)12-8-6-11(7-9-12)10-4-2-1-3-5-10/h1-9,14H. The van der Waals surface area contributed by atoms with Crippen LogP contribution in [0.1, 0.15) is 10.4 Å². The third kappa shape index (κ3) is 2.56. The van der Waals surface area contributed by atoms with E-state index in [0.29, 0.717) is 0 Å². The number of hydrogen-bond acceptors (Lipinski definition) is 1.